The molecule has 3 fully saturated rings. The van der Waals surface area contributed by atoms with Gasteiger partial charge in [-0.3, -0.25) is 0 Å². The van der Waals surface area contributed by atoms with Crippen LogP contribution in [0.5, 0.6) is 0 Å². The first kappa shape index (κ1) is 13.8. The lowest BCUT2D eigenvalue weighted by Gasteiger charge is -2.43. The van der Waals surface area contributed by atoms with Gasteiger partial charge >= 0.3 is 0 Å². The van der Waals surface area contributed by atoms with Crippen LogP contribution in [-0.4, -0.2) is 48.7 Å². The monoisotopic (exact) mass is 287 g/mol. The van der Waals surface area contributed by atoms with Gasteiger partial charge in [-0.15, -0.1) is 0 Å². The summed E-state index contributed by atoms with van der Waals surface area (Å²) in [6.45, 7) is 5.98. The molecule has 19 heavy (non-hydrogen) atoms. The molecule has 3 aliphatic rings. The van der Waals surface area contributed by atoms with Crippen molar-refractivity contribution in [1.29, 1.82) is 0 Å². The van der Waals surface area contributed by atoms with Gasteiger partial charge in [-0.05, 0) is 37.0 Å². The lowest BCUT2D eigenvalue weighted by molar-refractivity contribution is 0.146. The van der Waals surface area contributed by atoms with Crippen molar-refractivity contribution in [2.45, 2.75) is 51.6 Å². The third kappa shape index (κ3) is 2.22. The molecule has 3 rings (SSSR count). The Hall–Kier alpha value is -0.170. The maximum atomic E-state index is 12.8. The summed E-state index contributed by atoms with van der Waals surface area (Å²) in [6, 6.07) is 0.350. The smallest absolute Gasteiger partial charge is 0.282 e. The van der Waals surface area contributed by atoms with E-state index in [4.69, 9.17) is 5.73 Å². The van der Waals surface area contributed by atoms with Crippen molar-refractivity contribution >= 4 is 10.2 Å². The molecule has 2 saturated heterocycles. The first-order valence-corrected chi connectivity index (χ1v) is 8.73. The molecule has 110 valence electrons. The third-order valence-electron chi connectivity index (χ3n) is 5.26. The molecule has 2 N–H and O–H groups in total. The number of rotatable bonds is 2. The van der Waals surface area contributed by atoms with E-state index in [1.165, 1.54) is 6.42 Å². The fourth-order valence-electron chi connectivity index (χ4n) is 3.83. The van der Waals surface area contributed by atoms with Gasteiger partial charge in [-0.25, -0.2) is 0 Å². The van der Waals surface area contributed by atoms with Crippen LogP contribution in [0.25, 0.3) is 0 Å². The highest BCUT2D eigenvalue weighted by Gasteiger charge is 2.48. The molecule has 0 radical (unpaired) electrons. The van der Waals surface area contributed by atoms with E-state index in [-0.39, 0.29) is 17.5 Å². The minimum absolute atomic E-state index is 0.0916. The van der Waals surface area contributed by atoms with Crippen LogP contribution >= 0.6 is 0 Å². The normalized spacial score (nSPS) is 39.8. The average molecular weight is 287 g/mol. The van der Waals surface area contributed by atoms with Crippen LogP contribution in [0.3, 0.4) is 0 Å². The average Bonchev–Trinajstić information content (AvgIpc) is 2.94. The standard InChI is InChI=1S/C13H25N3O2S/c1-13(2)9-15(6-5-12(13)14)19(17,18)16-8-10-3-4-11(16)7-10/h10-12H,3-9,14H2,1-2H3. The predicted molar refractivity (Wildman–Crippen MR) is 74.7 cm³/mol. The largest absolute Gasteiger partial charge is 0.327 e. The first-order chi connectivity index (χ1) is 8.80. The highest BCUT2D eigenvalue weighted by Crippen LogP contribution is 2.40. The summed E-state index contributed by atoms with van der Waals surface area (Å²) in [5.41, 5.74) is 5.96. The third-order valence-corrected chi connectivity index (χ3v) is 7.26. The highest BCUT2D eigenvalue weighted by atomic mass is 32.2. The maximum absolute atomic E-state index is 12.8. The van der Waals surface area contributed by atoms with Gasteiger partial charge in [0.15, 0.2) is 0 Å². The van der Waals surface area contributed by atoms with Crippen LogP contribution < -0.4 is 5.73 Å². The van der Waals surface area contributed by atoms with E-state index >= 15 is 0 Å². The summed E-state index contributed by atoms with van der Waals surface area (Å²) in [4.78, 5) is 0. The molecule has 2 aliphatic heterocycles. The van der Waals surface area contributed by atoms with Gasteiger partial charge < -0.3 is 5.73 Å². The number of nitrogens with two attached hydrogens (primary N) is 1. The predicted octanol–water partition coefficient (Wildman–Crippen LogP) is 0.775. The molecule has 2 bridgehead atoms. The zero-order chi connectivity index (χ0) is 13.8. The Balaban J connectivity index is 1.78. The van der Waals surface area contributed by atoms with Gasteiger partial charge in [0.25, 0.3) is 10.2 Å². The van der Waals surface area contributed by atoms with Crippen molar-refractivity contribution in [3.05, 3.63) is 0 Å². The fraction of sp³-hybridized carbons (Fsp3) is 1.00. The fourth-order valence-corrected chi connectivity index (χ4v) is 5.93. The Kier molecular flexibility index (Phi) is 3.20. The van der Waals surface area contributed by atoms with Gasteiger partial charge in [0.05, 0.1) is 0 Å². The van der Waals surface area contributed by atoms with E-state index < -0.39 is 10.2 Å². The summed E-state index contributed by atoms with van der Waals surface area (Å²) < 4.78 is 29.0. The topological polar surface area (TPSA) is 66.6 Å². The van der Waals surface area contributed by atoms with Crippen molar-refractivity contribution < 1.29 is 8.42 Å². The Morgan fingerprint density at radius 2 is 1.95 bits per heavy atom. The van der Waals surface area contributed by atoms with Gasteiger partial charge in [0.2, 0.25) is 0 Å². The van der Waals surface area contributed by atoms with E-state index in [1.54, 1.807) is 8.61 Å². The molecule has 0 aromatic heterocycles. The molecule has 3 unspecified atom stereocenters. The van der Waals surface area contributed by atoms with Crippen molar-refractivity contribution in [2.75, 3.05) is 19.6 Å². The zero-order valence-corrected chi connectivity index (χ0v) is 12.7. The molecule has 0 aromatic carbocycles. The van der Waals surface area contributed by atoms with Gasteiger partial charge in [0, 0.05) is 31.7 Å². The first-order valence-electron chi connectivity index (χ1n) is 7.33. The van der Waals surface area contributed by atoms with Gasteiger partial charge in [0.1, 0.15) is 0 Å². The van der Waals surface area contributed by atoms with Crippen LogP contribution in [-0.2, 0) is 10.2 Å². The second kappa shape index (κ2) is 4.41. The van der Waals surface area contributed by atoms with Crippen LogP contribution in [0, 0.1) is 11.3 Å². The van der Waals surface area contributed by atoms with Gasteiger partial charge in [-0.1, -0.05) is 13.8 Å². The van der Waals surface area contributed by atoms with Crippen molar-refractivity contribution in [1.82, 2.24) is 8.61 Å². The Labute approximate surface area is 116 Å². The molecular formula is C13H25N3O2S. The SMILES string of the molecule is CC1(C)CN(S(=O)(=O)N2CC3CCC2C3)CCC1N. The van der Waals surface area contributed by atoms with E-state index in [0.717, 1.165) is 25.8 Å². The molecule has 1 aliphatic carbocycles. The van der Waals surface area contributed by atoms with Crippen molar-refractivity contribution in [2.24, 2.45) is 17.1 Å². The number of hydrogen-bond donors (Lipinski definition) is 1. The van der Waals surface area contributed by atoms with Crippen LogP contribution in [0.15, 0.2) is 0 Å². The maximum Gasteiger partial charge on any atom is 0.282 e. The molecule has 5 nitrogen and oxygen atoms in total. The summed E-state index contributed by atoms with van der Waals surface area (Å²) in [7, 11) is -3.28. The number of piperidine rings is 2. The van der Waals surface area contributed by atoms with E-state index in [2.05, 4.69) is 13.8 Å². The Bertz CT molecular complexity index is 463. The van der Waals surface area contributed by atoms with Gasteiger partial charge in [-0.2, -0.15) is 17.0 Å². The quantitative estimate of drug-likeness (QED) is 0.816. The van der Waals surface area contributed by atoms with Crippen LogP contribution in [0.1, 0.15) is 39.5 Å². The Morgan fingerprint density at radius 1 is 1.21 bits per heavy atom. The lowest BCUT2D eigenvalue weighted by atomic mass is 9.81. The van der Waals surface area contributed by atoms with E-state index in [1.807, 2.05) is 0 Å². The summed E-state index contributed by atoms with van der Waals surface area (Å²) in [6.07, 6.45) is 4.07. The molecule has 2 heterocycles. The van der Waals surface area contributed by atoms with Crippen LogP contribution in [0.4, 0.5) is 0 Å². The number of nitrogens with zero attached hydrogens (tertiary/aromatic N) is 2. The lowest BCUT2D eigenvalue weighted by Crippen LogP contribution is -2.57. The highest BCUT2D eigenvalue weighted by molar-refractivity contribution is 7.86. The molecule has 1 saturated carbocycles. The summed E-state index contributed by atoms with van der Waals surface area (Å²) >= 11 is 0. The molecule has 0 amide bonds. The molecular weight excluding hydrogens is 262 g/mol. The molecule has 3 atom stereocenters. The number of hydrogen-bond acceptors (Lipinski definition) is 3. The second-order valence-corrected chi connectivity index (χ2v) is 9.01. The Morgan fingerprint density at radius 3 is 2.47 bits per heavy atom. The van der Waals surface area contributed by atoms with E-state index in [0.29, 0.717) is 19.0 Å². The minimum atomic E-state index is -3.28. The zero-order valence-electron chi connectivity index (χ0n) is 11.9. The summed E-state index contributed by atoms with van der Waals surface area (Å²) in [5.74, 6) is 0.597. The molecule has 6 heteroatoms. The van der Waals surface area contributed by atoms with Crippen molar-refractivity contribution in [3.8, 4) is 0 Å². The minimum Gasteiger partial charge on any atom is -0.327 e. The molecule has 0 spiro atoms. The van der Waals surface area contributed by atoms with Crippen molar-refractivity contribution in [3.63, 3.8) is 0 Å². The van der Waals surface area contributed by atoms with E-state index in [9.17, 15) is 8.42 Å². The summed E-state index contributed by atoms with van der Waals surface area (Å²) in [5, 5.41) is 0. The molecule has 0 aromatic rings. The second-order valence-electron chi connectivity index (χ2n) is 7.13. The van der Waals surface area contributed by atoms with Crippen LogP contribution in [0.2, 0.25) is 0 Å². The number of fused-ring (bicyclic) bond motifs is 2.